The Morgan fingerprint density at radius 3 is 2.90 bits per heavy atom. The fourth-order valence-corrected chi connectivity index (χ4v) is 2.64. The molecule has 1 heterocycles. The molecule has 1 aromatic carbocycles. The molecule has 0 atom stereocenters. The van der Waals surface area contributed by atoms with Crippen molar-refractivity contribution < 1.29 is 14.3 Å². The maximum Gasteiger partial charge on any atom is 0.350 e. The van der Waals surface area contributed by atoms with Crippen LogP contribution >= 0.6 is 11.3 Å². The third-order valence-electron chi connectivity index (χ3n) is 2.83. The molecule has 0 saturated heterocycles. The first kappa shape index (κ1) is 15.1. The third-order valence-corrected chi connectivity index (χ3v) is 3.91. The Kier molecular flexibility index (Phi) is 4.94. The summed E-state index contributed by atoms with van der Waals surface area (Å²) in [5, 5.41) is 6.05. The second kappa shape index (κ2) is 6.90. The van der Waals surface area contributed by atoms with Crippen LogP contribution in [-0.4, -0.2) is 26.4 Å². The molecule has 2 rings (SSSR count). The lowest BCUT2D eigenvalue weighted by molar-refractivity contribution is 0.0607. The molecule has 0 amide bonds. The third kappa shape index (κ3) is 3.61. The molecule has 0 radical (unpaired) electrons. The van der Waals surface area contributed by atoms with Gasteiger partial charge in [-0.1, -0.05) is 12.1 Å². The highest BCUT2D eigenvalue weighted by atomic mass is 32.1. The molecule has 6 heteroatoms. The Bertz CT molecular complexity index is 665. The molecule has 1 N–H and O–H groups in total. The van der Waals surface area contributed by atoms with Gasteiger partial charge in [0.25, 0.3) is 0 Å². The number of nitrogens with zero attached hydrogens (tertiary/aromatic N) is 1. The molecule has 0 aliphatic rings. The first-order chi connectivity index (χ1) is 10.2. The monoisotopic (exact) mass is 304 g/mol. The van der Waals surface area contributed by atoms with Crippen LogP contribution in [0.25, 0.3) is 0 Å². The average Bonchev–Trinajstić information content (AvgIpc) is 2.88. The summed E-state index contributed by atoms with van der Waals surface area (Å²) >= 11 is 1.33. The van der Waals surface area contributed by atoms with Crippen LogP contribution in [0.1, 0.15) is 20.8 Å². The van der Waals surface area contributed by atoms with Crippen LogP contribution in [-0.2, 0) is 4.74 Å². The number of methoxy groups -OCH3 is 2. The number of hydrazone groups is 1. The van der Waals surface area contributed by atoms with Gasteiger partial charge in [-0.05, 0) is 35.6 Å². The molecule has 0 fully saturated rings. The van der Waals surface area contributed by atoms with Crippen molar-refractivity contribution in [2.24, 2.45) is 5.10 Å². The van der Waals surface area contributed by atoms with Crippen molar-refractivity contribution >= 4 is 29.2 Å². The first-order valence-corrected chi connectivity index (χ1v) is 7.13. The van der Waals surface area contributed by atoms with E-state index in [1.165, 1.54) is 18.4 Å². The van der Waals surface area contributed by atoms with E-state index in [1.807, 2.05) is 36.6 Å². The van der Waals surface area contributed by atoms with Crippen LogP contribution in [0.5, 0.6) is 5.75 Å². The number of benzene rings is 1. The van der Waals surface area contributed by atoms with Gasteiger partial charge in [0.15, 0.2) is 0 Å². The molecule has 0 aliphatic heterocycles. The highest BCUT2D eigenvalue weighted by Crippen LogP contribution is 2.28. The number of carbonyl (C=O) groups excluding carboxylic acids is 1. The number of anilines is 1. The predicted molar refractivity (Wildman–Crippen MR) is 84.6 cm³/mol. The zero-order valence-electron chi connectivity index (χ0n) is 12.0. The lowest BCUT2D eigenvalue weighted by atomic mass is 10.2. The number of rotatable bonds is 5. The second-order valence-electron chi connectivity index (χ2n) is 4.26. The van der Waals surface area contributed by atoms with Gasteiger partial charge in [0.05, 0.1) is 26.1 Å². The maximum atomic E-state index is 11.6. The van der Waals surface area contributed by atoms with Gasteiger partial charge in [0.1, 0.15) is 10.6 Å². The zero-order valence-corrected chi connectivity index (χ0v) is 12.9. The van der Waals surface area contributed by atoms with Gasteiger partial charge < -0.3 is 9.47 Å². The summed E-state index contributed by atoms with van der Waals surface area (Å²) < 4.78 is 9.90. The molecular formula is C15H16N2O3S. The molecule has 5 nitrogen and oxygen atoms in total. The Morgan fingerprint density at radius 1 is 1.38 bits per heavy atom. The van der Waals surface area contributed by atoms with Crippen LogP contribution in [0, 0.1) is 6.92 Å². The molecule has 110 valence electrons. The Hall–Kier alpha value is -2.34. The summed E-state index contributed by atoms with van der Waals surface area (Å²) in [7, 11) is 2.98. The molecule has 2 aromatic rings. The number of hydrogen-bond donors (Lipinski definition) is 1. The van der Waals surface area contributed by atoms with E-state index in [0.717, 1.165) is 16.9 Å². The molecule has 0 aliphatic carbocycles. The lowest BCUT2D eigenvalue weighted by Crippen LogP contribution is -2.02. The van der Waals surface area contributed by atoms with E-state index >= 15 is 0 Å². The largest absolute Gasteiger partial charge is 0.497 e. The average molecular weight is 304 g/mol. The number of thiophene rings is 1. The summed E-state index contributed by atoms with van der Waals surface area (Å²) in [5.74, 6) is 0.396. The topological polar surface area (TPSA) is 59.9 Å². The normalized spacial score (nSPS) is 10.6. The van der Waals surface area contributed by atoms with E-state index in [9.17, 15) is 4.79 Å². The van der Waals surface area contributed by atoms with Crippen molar-refractivity contribution in [2.45, 2.75) is 6.92 Å². The van der Waals surface area contributed by atoms with Crippen LogP contribution in [0.4, 0.5) is 5.69 Å². The minimum absolute atomic E-state index is 0.368. The van der Waals surface area contributed by atoms with E-state index < -0.39 is 0 Å². The molecule has 21 heavy (non-hydrogen) atoms. The fraction of sp³-hybridized carbons (Fsp3) is 0.200. The molecule has 0 unspecified atom stereocenters. The zero-order chi connectivity index (χ0) is 15.2. The number of esters is 1. The van der Waals surface area contributed by atoms with Gasteiger partial charge >= 0.3 is 5.97 Å². The number of aryl methyl sites for hydroxylation is 1. The lowest BCUT2D eigenvalue weighted by Gasteiger charge is -2.03. The molecule has 0 spiro atoms. The minimum Gasteiger partial charge on any atom is -0.497 e. The Labute approximate surface area is 127 Å². The summed E-state index contributed by atoms with van der Waals surface area (Å²) in [6.07, 6.45) is 1.67. The maximum absolute atomic E-state index is 11.6. The van der Waals surface area contributed by atoms with Crippen LogP contribution in [0.3, 0.4) is 0 Å². The highest BCUT2D eigenvalue weighted by Gasteiger charge is 2.16. The quantitative estimate of drug-likeness (QED) is 0.523. The fourth-order valence-electron chi connectivity index (χ4n) is 1.72. The number of carbonyl (C=O) groups is 1. The van der Waals surface area contributed by atoms with Crippen LogP contribution in [0.2, 0.25) is 0 Å². The summed E-state index contributed by atoms with van der Waals surface area (Å²) in [6, 6.07) is 7.53. The van der Waals surface area contributed by atoms with E-state index in [-0.39, 0.29) is 5.97 Å². The summed E-state index contributed by atoms with van der Waals surface area (Å²) in [4.78, 5) is 12.2. The van der Waals surface area contributed by atoms with Crippen molar-refractivity contribution in [2.75, 3.05) is 19.6 Å². The summed E-state index contributed by atoms with van der Waals surface area (Å²) in [5.41, 5.74) is 5.42. The van der Waals surface area contributed by atoms with E-state index in [2.05, 4.69) is 10.5 Å². The van der Waals surface area contributed by atoms with Crippen molar-refractivity contribution in [1.29, 1.82) is 0 Å². The molecule has 1 aromatic heterocycles. The van der Waals surface area contributed by atoms with E-state index in [4.69, 9.17) is 9.47 Å². The van der Waals surface area contributed by atoms with Gasteiger partial charge in [-0.25, -0.2) is 4.79 Å². The van der Waals surface area contributed by atoms with Gasteiger partial charge in [-0.2, -0.15) is 5.10 Å². The molecular weight excluding hydrogens is 288 g/mol. The van der Waals surface area contributed by atoms with Gasteiger partial charge in [0, 0.05) is 0 Å². The SMILES string of the molecule is COC(=O)c1scc(C)c1NN=Cc1cccc(OC)c1. The minimum atomic E-state index is -0.368. The van der Waals surface area contributed by atoms with Crippen LogP contribution in [0.15, 0.2) is 34.7 Å². The van der Waals surface area contributed by atoms with Crippen LogP contribution < -0.4 is 10.2 Å². The van der Waals surface area contributed by atoms with Crippen molar-refractivity contribution in [3.8, 4) is 5.75 Å². The second-order valence-corrected chi connectivity index (χ2v) is 5.14. The standard InChI is InChI=1S/C15H16N2O3S/c1-10-9-21-14(15(18)20-3)13(10)17-16-8-11-5-4-6-12(7-11)19-2/h4-9,17H,1-3H3. The number of nitrogens with one attached hydrogen (secondary N) is 1. The molecule has 0 bridgehead atoms. The van der Waals surface area contributed by atoms with Crippen molar-refractivity contribution in [1.82, 2.24) is 0 Å². The Balaban J connectivity index is 2.14. The number of ether oxygens (including phenoxy) is 2. The first-order valence-electron chi connectivity index (χ1n) is 6.25. The van der Waals surface area contributed by atoms with Gasteiger partial charge in [0.2, 0.25) is 0 Å². The highest BCUT2D eigenvalue weighted by molar-refractivity contribution is 7.12. The van der Waals surface area contributed by atoms with E-state index in [0.29, 0.717) is 10.6 Å². The number of hydrogen-bond acceptors (Lipinski definition) is 6. The van der Waals surface area contributed by atoms with Gasteiger partial charge in [-0.3, -0.25) is 5.43 Å². The smallest absolute Gasteiger partial charge is 0.350 e. The Morgan fingerprint density at radius 2 is 2.19 bits per heavy atom. The van der Waals surface area contributed by atoms with Gasteiger partial charge in [-0.15, -0.1) is 11.3 Å². The van der Waals surface area contributed by atoms with Crippen molar-refractivity contribution in [3.63, 3.8) is 0 Å². The summed E-state index contributed by atoms with van der Waals surface area (Å²) in [6.45, 7) is 1.91. The molecule has 0 saturated carbocycles. The van der Waals surface area contributed by atoms with Crippen molar-refractivity contribution in [3.05, 3.63) is 45.6 Å². The predicted octanol–water partition coefficient (Wildman–Crippen LogP) is 3.30. The van der Waals surface area contributed by atoms with E-state index in [1.54, 1.807) is 13.3 Å².